The smallest absolute Gasteiger partial charge is 0.144 e. The van der Waals surface area contributed by atoms with E-state index in [0.29, 0.717) is 0 Å². The van der Waals surface area contributed by atoms with Crippen molar-refractivity contribution in [1.82, 2.24) is 0 Å². The van der Waals surface area contributed by atoms with Crippen LogP contribution in [0.1, 0.15) is 31.9 Å². The van der Waals surface area contributed by atoms with Gasteiger partial charge in [0.1, 0.15) is 21.9 Å². The lowest BCUT2D eigenvalue weighted by atomic mass is 10.1. The normalized spacial score (nSPS) is 14.0. The van der Waals surface area contributed by atoms with Crippen molar-refractivity contribution in [3.8, 4) is 5.75 Å². The van der Waals surface area contributed by atoms with E-state index < -0.39 is 11.4 Å². The first kappa shape index (κ1) is 14.1. The SMILES string of the molecule is COc1ccc(C)cc1C=N[S+]([O-])C(C)(C)C. The highest BCUT2D eigenvalue weighted by atomic mass is 32.2. The van der Waals surface area contributed by atoms with Gasteiger partial charge in [0.25, 0.3) is 0 Å². The lowest BCUT2D eigenvalue weighted by molar-refractivity contribution is 0.414. The molecule has 0 bridgehead atoms. The minimum Gasteiger partial charge on any atom is -0.591 e. The predicted molar refractivity (Wildman–Crippen MR) is 73.2 cm³/mol. The molecule has 0 N–H and O–H groups in total. The fraction of sp³-hybridized carbons (Fsp3) is 0.462. The summed E-state index contributed by atoms with van der Waals surface area (Å²) in [6.07, 6.45) is 1.62. The maximum absolute atomic E-state index is 11.8. The topological polar surface area (TPSA) is 44.6 Å². The van der Waals surface area contributed by atoms with Crippen molar-refractivity contribution in [1.29, 1.82) is 0 Å². The Morgan fingerprint density at radius 1 is 1.35 bits per heavy atom. The van der Waals surface area contributed by atoms with E-state index in [1.54, 1.807) is 13.3 Å². The zero-order chi connectivity index (χ0) is 13.1. The minimum atomic E-state index is -1.24. The van der Waals surface area contributed by atoms with Gasteiger partial charge in [-0.15, -0.1) is 0 Å². The number of rotatable bonds is 3. The van der Waals surface area contributed by atoms with Gasteiger partial charge in [-0.25, -0.2) is 0 Å². The van der Waals surface area contributed by atoms with Crippen molar-refractivity contribution >= 4 is 17.6 Å². The van der Waals surface area contributed by atoms with E-state index in [1.165, 1.54) is 0 Å². The standard InChI is InChI=1S/C13H19NO2S/c1-10-6-7-12(16-5)11(8-10)9-14-17(15)13(2,3)4/h6-9H,1-5H3. The molecule has 94 valence electrons. The highest BCUT2D eigenvalue weighted by molar-refractivity contribution is 7.91. The number of nitrogens with zero attached hydrogens (tertiary/aromatic N) is 1. The van der Waals surface area contributed by atoms with E-state index in [2.05, 4.69) is 4.40 Å². The summed E-state index contributed by atoms with van der Waals surface area (Å²) in [4.78, 5) is 0. The van der Waals surface area contributed by atoms with Gasteiger partial charge < -0.3 is 9.29 Å². The van der Waals surface area contributed by atoms with Crippen LogP contribution in [0.25, 0.3) is 0 Å². The molecule has 0 amide bonds. The summed E-state index contributed by atoms with van der Waals surface area (Å²) in [6.45, 7) is 7.69. The molecule has 0 aromatic heterocycles. The maximum atomic E-state index is 11.8. The van der Waals surface area contributed by atoms with E-state index in [4.69, 9.17) is 4.74 Å². The van der Waals surface area contributed by atoms with Crippen LogP contribution < -0.4 is 4.74 Å². The number of methoxy groups -OCH3 is 1. The quantitative estimate of drug-likeness (QED) is 0.614. The molecule has 0 heterocycles. The number of benzene rings is 1. The Bertz CT molecular complexity index is 410. The highest BCUT2D eigenvalue weighted by Crippen LogP contribution is 2.20. The lowest BCUT2D eigenvalue weighted by Crippen LogP contribution is -2.25. The molecule has 0 saturated heterocycles. The van der Waals surface area contributed by atoms with Gasteiger partial charge in [0.2, 0.25) is 0 Å². The molecule has 0 fully saturated rings. The Hall–Kier alpha value is -1.00. The van der Waals surface area contributed by atoms with Crippen LogP contribution in [0.5, 0.6) is 5.75 Å². The largest absolute Gasteiger partial charge is 0.591 e. The van der Waals surface area contributed by atoms with Crippen LogP contribution in [-0.2, 0) is 11.4 Å². The summed E-state index contributed by atoms with van der Waals surface area (Å²) in [6, 6.07) is 5.82. The molecule has 4 heteroatoms. The van der Waals surface area contributed by atoms with Gasteiger partial charge in [-0.1, -0.05) is 16.0 Å². The molecule has 1 aromatic carbocycles. The summed E-state index contributed by atoms with van der Waals surface area (Å²) in [5.74, 6) is 0.741. The van der Waals surface area contributed by atoms with Crippen molar-refractivity contribution in [2.24, 2.45) is 4.40 Å². The van der Waals surface area contributed by atoms with Crippen LogP contribution in [0.3, 0.4) is 0 Å². The Balaban J connectivity index is 2.94. The predicted octanol–water partition coefficient (Wildman–Crippen LogP) is 2.88. The fourth-order valence-electron chi connectivity index (χ4n) is 1.22. The zero-order valence-corrected chi connectivity index (χ0v) is 11.8. The van der Waals surface area contributed by atoms with Crippen molar-refractivity contribution in [2.75, 3.05) is 7.11 Å². The van der Waals surface area contributed by atoms with E-state index >= 15 is 0 Å². The fourth-order valence-corrected chi connectivity index (χ4v) is 1.74. The van der Waals surface area contributed by atoms with Crippen LogP contribution in [0.4, 0.5) is 0 Å². The van der Waals surface area contributed by atoms with Crippen molar-refractivity contribution in [2.45, 2.75) is 32.4 Å². The third-order valence-electron chi connectivity index (χ3n) is 2.20. The zero-order valence-electron chi connectivity index (χ0n) is 11.0. The van der Waals surface area contributed by atoms with E-state index in [1.807, 2.05) is 45.9 Å². The van der Waals surface area contributed by atoms with Crippen molar-refractivity contribution in [3.05, 3.63) is 29.3 Å². The number of ether oxygens (including phenoxy) is 1. The molecule has 0 radical (unpaired) electrons. The summed E-state index contributed by atoms with van der Waals surface area (Å²) < 4.78 is 20.8. The Labute approximate surface area is 106 Å². The van der Waals surface area contributed by atoms with Gasteiger partial charge in [-0.05, 0) is 39.8 Å². The summed E-state index contributed by atoms with van der Waals surface area (Å²) in [5.41, 5.74) is 1.97. The van der Waals surface area contributed by atoms with E-state index in [9.17, 15) is 4.55 Å². The second kappa shape index (κ2) is 5.56. The van der Waals surface area contributed by atoms with Gasteiger partial charge in [0, 0.05) is 5.56 Å². The average Bonchev–Trinajstić information content (AvgIpc) is 2.24. The van der Waals surface area contributed by atoms with Crippen LogP contribution in [0.2, 0.25) is 0 Å². The van der Waals surface area contributed by atoms with Crippen LogP contribution in [0, 0.1) is 6.92 Å². The van der Waals surface area contributed by atoms with Gasteiger partial charge in [-0.3, -0.25) is 0 Å². The van der Waals surface area contributed by atoms with Crippen LogP contribution in [-0.4, -0.2) is 22.6 Å². The molecule has 0 aliphatic carbocycles. The molecule has 0 saturated carbocycles. The highest BCUT2D eigenvalue weighted by Gasteiger charge is 2.25. The molecule has 1 unspecified atom stereocenters. The second-order valence-corrected chi connectivity index (χ2v) is 6.78. The summed E-state index contributed by atoms with van der Waals surface area (Å²) in [5, 5.41) is 0. The average molecular weight is 253 g/mol. The summed E-state index contributed by atoms with van der Waals surface area (Å²) >= 11 is -1.24. The van der Waals surface area contributed by atoms with Gasteiger partial charge in [-0.2, -0.15) is 0 Å². The Kier molecular flexibility index (Phi) is 4.60. The minimum absolute atomic E-state index is 0.340. The Morgan fingerprint density at radius 3 is 2.53 bits per heavy atom. The third-order valence-corrected chi connectivity index (χ3v) is 3.54. The van der Waals surface area contributed by atoms with Crippen molar-refractivity contribution in [3.63, 3.8) is 0 Å². The second-order valence-electron chi connectivity index (χ2n) is 4.84. The van der Waals surface area contributed by atoms with Crippen LogP contribution in [0.15, 0.2) is 22.6 Å². The first-order valence-electron chi connectivity index (χ1n) is 5.45. The van der Waals surface area contributed by atoms with E-state index in [-0.39, 0.29) is 4.75 Å². The maximum Gasteiger partial charge on any atom is 0.144 e. The molecular formula is C13H19NO2S. The lowest BCUT2D eigenvalue weighted by Gasteiger charge is -2.17. The molecule has 1 aromatic rings. The van der Waals surface area contributed by atoms with Crippen LogP contribution >= 0.6 is 0 Å². The molecule has 1 atom stereocenters. The monoisotopic (exact) mass is 253 g/mol. The molecule has 0 aliphatic rings. The number of hydrogen-bond donors (Lipinski definition) is 0. The molecule has 0 spiro atoms. The summed E-state index contributed by atoms with van der Waals surface area (Å²) in [7, 11) is 1.61. The molecule has 17 heavy (non-hydrogen) atoms. The van der Waals surface area contributed by atoms with Crippen molar-refractivity contribution < 1.29 is 9.29 Å². The molecule has 1 rings (SSSR count). The van der Waals surface area contributed by atoms with Gasteiger partial charge in [0.15, 0.2) is 0 Å². The Morgan fingerprint density at radius 2 is 2.00 bits per heavy atom. The first-order valence-corrected chi connectivity index (χ1v) is 6.56. The molecule has 3 nitrogen and oxygen atoms in total. The molecular weight excluding hydrogens is 234 g/mol. The van der Waals surface area contributed by atoms with Gasteiger partial charge >= 0.3 is 0 Å². The first-order chi connectivity index (χ1) is 7.84. The number of hydrogen-bond acceptors (Lipinski definition) is 3. The third kappa shape index (κ3) is 4.06. The number of aryl methyl sites for hydroxylation is 1. The van der Waals surface area contributed by atoms with E-state index in [0.717, 1.165) is 16.9 Å². The van der Waals surface area contributed by atoms with Gasteiger partial charge in [0.05, 0.1) is 13.3 Å². The molecule has 0 aliphatic heterocycles.